The van der Waals surface area contributed by atoms with Crippen molar-refractivity contribution >= 4 is 34.2 Å². The molecule has 0 saturated carbocycles. The Morgan fingerprint density at radius 3 is 2.06 bits per heavy atom. The molecule has 0 saturated heterocycles. The molecule has 2 N–H and O–H groups in total. The van der Waals surface area contributed by atoms with Gasteiger partial charge in [0.25, 0.3) is 0 Å². The van der Waals surface area contributed by atoms with Crippen LogP contribution in [0.2, 0.25) is 0 Å². The largest absolute Gasteiger partial charge is 0.453 e. The summed E-state index contributed by atoms with van der Waals surface area (Å²) in [5, 5.41) is 4.97. The first-order valence-corrected chi connectivity index (χ1v) is 11.8. The van der Waals surface area contributed by atoms with Crippen LogP contribution >= 0.6 is 0 Å². The first-order chi connectivity index (χ1) is 16.6. The minimum Gasteiger partial charge on any atom is -0.453 e. The maximum atomic E-state index is 15.1. The Hall–Kier alpha value is -3.55. The highest BCUT2D eigenvalue weighted by Gasteiger charge is 2.28. The van der Waals surface area contributed by atoms with E-state index < -0.39 is 45.1 Å². The molecule has 0 aliphatic carbocycles. The number of anilines is 2. The predicted octanol–water partition coefficient (Wildman–Crippen LogP) is 6.58. The number of benzene rings is 2. The lowest BCUT2D eigenvalue weighted by molar-refractivity contribution is -0.123. The molecule has 192 valence electrons. The van der Waals surface area contributed by atoms with Gasteiger partial charge >= 0.3 is 0 Å². The van der Waals surface area contributed by atoms with Crippen LogP contribution in [0.5, 0.6) is 0 Å². The molecule has 1 aromatic heterocycles. The normalized spacial score (nSPS) is 12.1. The number of aryl methyl sites for hydroxylation is 1. The van der Waals surface area contributed by atoms with E-state index in [0.29, 0.717) is 17.7 Å². The summed E-state index contributed by atoms with van der Waals surface area (Å²) in [7, 11) is 0. The van der Waals surface area contributed by atoms with E-state index in [1.807, 2.05) is 27.7 Å². The van der Waals surface area contributed by atoms with E-state index in [2.05, 4.69) is 10.6 Å². The molecule has 0 fully saturated rings. The number of carbonyl (C=O) groups excluding carboxylic acids is 2. The zero-order valence-corrected chi connectivity index (χ0v) is 21.9. The second-order valence-electron chi connectivity index (χ2n) is 10.9. The van der Waals surface area contributed by atoms with Crippen LogP contribution in [0, 0.1) is 29.4 Å². The van der Waals surface area contributed by atoms with Crippen LogP contribution in [0.4, 0.5) is 20.2 Å². The van der Waals surface area contributed by atoms with E-state index in [-0.39, 0.29) is 22.6 Å². The van der Waals surface area contributed by atoms with Crippen LogP contribution < -0.4 is 16.1 Å². The fraction of sp³-hybridized carbons (Fsp3) is 0.393. The quantitative estimate of drug-likeness (QED) is 0.425. The number of halogens is 2. The van der Waals surface area contributed by atoms with E-state index in [1.54, 1.807) is 39.0 Å². The second kappa shape index (κ2) is 9.48. The van der Waals surface area contributed by atoms with Gasteiger partial charge < -0.3 is 15.1 Å². The lowest BCUT2D eigenvalue weighted by Crippen LogP contribution is -2.29. The lowest BCUT2D eigenvalue weighted by Gasteiger charge is -2.20. The van der Waals surface area contributed by atoms with E-state index >= 15 is 8.78 Å². The minimum absolute atomic E-state index is 0.0777. The highest BCUT2D eigenvalue weighted by atomic mass is 19.1. The van der Waals surface area contributed by atoms with E-state index in [9.17, 15) is 14.4 Å². The number of nitrogens with one attached hydrogen (secondary N) is 2. The Morgan fingerprint density at radius 2 is 1.50 bits per heavy atom. The van der Waals surface area contributed by atoms with Crippen molar-refractivity contribution in [3.05, 3.63) is 57.3 Å². The summed E-state index contributed by atoms with van der Waals surface area (Å²) in [6.07, 6.45) is 0.576. The van der Waals surface area contributed by atoms with E-state index in [1.165, 1.54) is 6.92 Å². The van der Waals surface area contributed by atoms with Gasteiger partial charge in [-0.3, -0.25) is 14.4 Å². The fourth-order valence-electron chi connectivity index (χ4n) is 3.48. The number of hydrogen-bond donors (Lipinski definition) is 2. The first-order valence-electron chi connectivity index (χ1n) is 11.8. The Morgan fingerprint density at radius 1 is 0.917 bits per heavy atom. The molecular formula is C28H32F2N2O4. The van der Waals surface area contributed by atoms with Crippen molar-refractivity contribution in [2.45, 2.75) is 61.8 Å². The van der Waals surface area contributed by atoms with Crippen LogP contribution in [-0.2, 0) is 16.0 Å². The highest BCUT2D eigenvalue weighted by molar-refractivity contribution is 6.03. The molecule has 1 heterocycles. The van der Waals surface area contributed by atoms with E-state index in [0.717, 1.165) is 11.6 Å². The molecule has 2 aromatic carbocycles. The van der Waals surface area contributed by atoms with Crippen molar-refractivity contribution in [1.82, 2.24) is 0 Å². The minimum atomic E-state index is -1.02. The van der Waals surface area contributed by atoms with Crippen LogP contribution in [0.15, 0.2) is 33.5 Å². The molecule has 0 atom stereocenters. The molecule has 0 spiro atoms. The first kappa shape index (κ1) is 27.0. The SMILES string of the molecule is CCc1cc(-c2cc(=O)c3c(NC(=O)C(C)(C)C)c(F)c(C)c(F)c3o2)ccc1NC(=O)C(C)(C)C. The van der Waals surface area contributed by atoms with Gasteiger partial charge in [0.15, 0.2) is 22.6 Å². The average Bonchev–Trinajstić information content (AvgIpc) is 2.78. The van der Waals surface area contributed by atoms with Gasteiger partial charge in [0, 0.05) is 33.7 Å². The van der Waals surface area contributed by atoms with Crippen LogP contribution in [0.1, 0.15) is 59.6 Å². The van der Waals surface area contributed by atoms with Crippen molar-refractivity contribution in [1.29, 1.82) is 0 Å². The Kier molecular flexibility index (Phi) is 7.12. The predicted molar refractivity (Wildman–Crippen MR) is 138 cm³/mol. The Bertz CT molecular complexity index is 1430. The maximum Gasteiger partial charge on any atom is 0.229 e. The van der Waals surface area contributed by atoms with Gasteiger partial charge in [-0.25, -0.2) is 8.78 Å². The number of hydrogen-bond acceptors (Lipinski definition) is 4. The van der Waals surface area contributed by atoms with Crippen molar-refractivity contribution in [3.8, 4) is 11.3 Å². The van der Waals surface area contributed by atoms with Gasteiger partial charge in [-0.15, -0.1) is 0 Å². The van der Waals surface area contributed by atoms with Crippen molar-refractivity contribution in [2.75, 3.05) is 10.6 Å². The molecule has 2 amide bonds. The smallest absolute Gasteiger partial charge is 0.229 e. The zero-order chi connectivity index (χ0) is 27.2. The maximum absolute atomic E-state index is 15.1. The third kappa shape index (κ3) is 5.17. The van der Waals surface area contributed by atoms with Gasteiger partial charge in [0.05, 0.1) is 11.1 Å². The standard InChI is InChI=1S/C28H32F2N2O4/c1-9-15-12-16(10-11-17(15)31-25(34)27(3,4)5)19-13-18(33)20-23(32-26(35)28(6,7)8)21(29)14(2)22(30)24(20)36-19/h10-13H,9H2,1-8H3,(H,31,34)(H,32,35). The summed E-state index contributed by atoms with van der Waals surface area (Å²) in [5.74, 6) is -2.64. The number of fused-ring (bicyclic) bond motifs is 1. The highest BCUT2D eigenvalue weighted by Crippen LogP contribution is 2.35. The van der Waals surface area contributed by atoms with Crippen molar-refractivity contribution in [2.24, 2.45) is 10.8 Å². The molecule has 6 nitrogen and oxygen atoms in total. The monoisotopic (exact) mass is 498 g/mol. The topological polar surface area (TPSA) is 88.4 Å². The third-order valence-corrected chi connectivity index (χ3v) is 5.89. The molecular weight excluding hydrogens is 466 g/mol. The van der Waals surface area contributed by atoms with Crippen LogP contribution in [0.3, 0.4) is 0 Å². The molecule has 3 rings (SSSR count). The van der Waals surface area contributed by atoms with Gasteiger partial charge in [-0.1, -0.05) is 48.5 Å². The number of amides is 2. The van der Waals surface area contributed by atoms with Crippen molar-refractivity contribution < 1.29 is 22.8 Å². The molecule has 0 aliphatic rings. The molecule has 0 unspecified atom stereocenters. The summed E-state index contributed by atoms with van der Waals surface area (Å²) in [5.41, 5.74) is -1.47. The summed E-state index contributed by atoms with van der Waals surface area (Å²) in [4.78, 5) is 38.1. The molecule has 0 radical (unpaired) electrons. The molecule has 3 aromatic rings. The Labute approximate surface area is 209 Å². The summed E-state index contributed by atoms with van der Waals surface area (Å²) >= 11 is 0. The van der Waals surface area contributed by atoms with Crippen molar-refractivity contribution in [3.63, 3.8) is 0 Å². The zero-order valence-electron chi connectivity index (χ0n) is 21.9. The summed E-state index contributed by atoms with van der Waals surface area (Å²) in [6, 6.07) is 6.24. The molecule has 8 heteroatoms. The van der Waals surface area contributed by atoms with Gasteiger partial charge in [-0.05, 0) is 37.1 Å². The third-order valence-electron chi connectivity index (χ3n) is 5.89. The van der Waals surface area contributed by atoms with Gasteiger partial charge in [0.2, 0.25) is 11.8 Å². The molecule has 0 aliphatic heterocycles. The molecule has 36 heavy (non-hydrogen) atoms. The Balaban J connectivity index is 2.18. The van der Waals surface area contributed by atoms with E-state index in [4.69, 9.17) is 4.42 Å². The summed E-state index contributed by atoms with van der Waals surface area (Å²) in [6.45, 7) is 13.5. The van der Waals surface area contributed by atoms with Crippen LogP contribution in [-0.4, -0.2) is 11.8 Å². The average molecular weight is 499 g/mol. The fourth-order valence-corrected chi connectivity index (χ4v) is 3.48. The number of rotatable bonds is 4. The second-order valence-corrected chi connectivity index (χ2v) is 10.9. The summed E-state index contributed by atoms with van der Waals surface area (Å²) < 4.78 is 35.9. The number of carbonyl (C=O) groups is 2. The lowest BCUT2D eigenvalue weighted by atomic mass is 9.95. The molecule has 0 bridgehead atoms. The van der Waals surface area contributed by atoms with Crippen LogP contribution in [0.25, 0.3) is 22.3 Å². The van der Waals surface area contributed by atoms with Gasteiger partial charge in [-0.2, -0.15) is 0 Å². The van der Waals surface area contributed by atoms with Gasteiger partial charge in [0.1, 0.15) is 5.76 Å².